The van der Waals surface area contributed by atoms with Crippen LogP contribution in [0.5, 0.6) is 0 Å². The Morgan fingerprint density at radius 3 is 2.30 bits per heavy atom. The minimum absolute atomic E-state index is 0.373. The van der Waals surface area contributed by atoms with Crippen molar-refractivity contribution in [1.29, 1.82) is 0 Å². The summed E-state index contributed by atoms with van der Waals surface area (Å²) < 4.78 is 28.5. The van der Waals surface area contributed by atoms with Crippen LogP contribution in [0.1, 0.15) is 38.7 Å². The van der Waals surface area contributed by atoms with Gasteiger partial charge in [0.25, 0.3) is 5.91 Å². The molecule has 4 rings (SSSR count). The first-order valence-corrected chi connectivity index (χ1v) is 8.95. The second kappa shape index (κ2) is 6.95. The first-order chi connectivity index (χ1) is 13.1. The van der Waals surface area contributed by atoms with Gasteiger partial charge in [0.2, 0.25) is 0 Å². The molecule has 1 aliphatic rings. The number of amides is 1. The van der Waals surface area contributed by atoms with E-state index in [0.717, 1.165) is 34.4 Å². The number of carbonyl (C=O) groups excluding carboxylic acids is 1. The Bertz CT molecular complexity index is 977. The zero-order valence-electron chi connectivity index (χ0n) is 15.0. The van der Waals surface area contributed by atoms with Gasteiger partial charge in [-0.15, -0.1) is 0 Å². The van der Waals surface area contributed by atoms with Crippen LogP contribution in [0.15, 0.2) is 66.7 Å². The Hall–Kier alpha value is -3.01. The molecule has 27 heavy (non-hydrogen) atoms. The van der Waals surface area contributed by atoms with Gasteiger partial charge in [0, 0.05) is 6.54 Å². The van der Waals surface area contributed by atoms with E-state index in [2.05, 4.69) is 0 Å². The zero-order valence-corrected chi connectivity index (χ0v) is 15.0. The average molecular weight is 363 g/mol. The van der Waals surface area contributed by atoms with Crippen molar-refractivity contribution in [3.8, 4) is 0 Å². The highest BCUT2D eigenvalue weighted by Gasteiger charge is 2.34. The molecular formula is C23H19F2NO. The Morgan fingerprint density at radius 1 is 0.926 bits per heavy atom. The molecule has 0 radical (unpaired) electrons. The molecule has 1 aliphatic heterocycles. The SMILES string of the molecule is Cc1ccc([C@H]2c3ccccc3CCN2C(=O)c2c(F)cccc2F)cc1. The molecule has 0 N–H and O–H groups in total. The van der Waals surface area contributed by atoms with Gasteiger partial charge in [-0.25, -0.2) is 8.78 Å². The van der Waals surface area contributed by atoms with Crippen molar-refractivity contribution in [3.05, 3.63) is 106 Å². The number of halogens is 2. The smallest absolute Gasteiger partial charge is 0.260 e. The van der Waals surface area contributed by atoms with Crippen LogP contribution in [0.25, 0.3) is 0 Å². The fourth-order valence-electron chi connectivity index (χ4n) is 3.74. The summed E-state index contributed by atoms with van der Waals surface area (Å²) in [5.41, 5.74) is 3.70. The maximum atomic E-state index is 14.2. The van der Waals surface area contributed by atoms with E-state index in [1.54, 1.807) is 4.90 Å². The fourth-order valence-corrected chi connectivity index (χ4v) is 3.74. The first kappa shape index (κ1) is 17.4. The van der Waals surface area contributed by atoms with Crippen molar-refractivity contribution >= 4 is 5.91 Å². The Kier molecular flexibility index (Phi) is 4.48. The number of benzene rings is 3. The maximum Gasteiger partial charge on any atom is 0.260 e. The lowest BCUT2D eigenvalue weighted by molar-refractivity contribution is 0.0684. The molecule has 0 bridgehead atoms. The average Bonchev–Trinajstić information content (AvgIpc) is 2.67. The minimum Gasteiger partial charge on any atom is -0.327 e. The van der Waals surface area contributed by atoms with Gasteiger partial charge in [0.05, 0.1) is 6.04 Å². The molecule has 4 heteroatoms. The number of carbonyl (C=O) groups is 1. The third-order valence-electron chi connectivity index (χ3n) is 5.11. The molecule has 136 valence electrons. The van der Waals surface area contributed by atoms with E-state index in [-0.39, 0.29) is 6.04 Å². The van der Waals surface area contributed by atoms with E-state index in [1.807, 2.05) is 55.5 Å². The summed E-state index contributed by atoms with van der Waals surface area (Å²) in [5.74, 6) is -2.28. The topological polar surface area (TPSA) is 20.3 Å². The molecular weight excluding hydrogens is 344 g/mol. The molecule has 0 aromatic heterocycles. The largest absolute Gasteiger partial charge is 0.327 e. The Balaban J connectivity index is 1.84. The van der Waals surface area contributed by atoms with Gasteiger partial charge < -0.3 is 4.90 Å². The van der Waals surface area contributed by atoms with Gasteiger partial charge >= 0.3 is 0 Å². The summed E-state index contributed by atoms with van der Waals surface area (Å²) in [4.78, 5) is 14.7. The van der Waals surface area contributed by atoms with Crippen molar-refractivity contribution < 1.29 is 13.6 Å². The van der Waals surface area contributed by atoms with Gasteiger partial charge in [-0.2, -0.15) is 0 Å². The van der Waals surface area contributed by atoms with Crippen molar-refractivity contribution in [2.24, 2.45) is 0 Å². The molecule has 1 atom stereocenters. The van der Waals surface area contributed by atoms with Crippen LogP contribution in [-0.4, -0.2) is 17.4 Å². The van der Waals surface area contributed by atoms with Gasteiger partial charge in [-0.05, 0) is 42.2 Å². The lowest BCUT2D eigenvalue weighted by Crippen LogP contribution is -2.41. The van der Waals surface area contributed by atoms with E-state index in [0.29, 0.717) is 13.0 Å². The molecule has 1 heterocycles. The number of hydrogen-bond acceptors (Lipinski definition) is 1. The van der Waals surface area contributed by atoms with E-state index >= 15 is 0 Å². The quantitative estimate of drug-likeness (QED) is 0.623. The molecule has 0 fully saturated rings. The minimum atomic E-state index is -0.832. The summed E-state index contributed by atoms with van der Waals surface area (Å²) >= 11 is 0. The van der Waals surface area contributed by atoms with E-state index in [4.69, 9.17) is 0 Å². The molecule has 0 aliphatic carbocycles. The summed E-state index contributed by atoms with van der Waals surface area (Å²) in [7, 11) is 0. The summed E-state index contributed by atoms with van der Waals surface area (Å²) in [6.07, 6.45) is 0.653. The van der Waals surface area contributed by atoms with Crippen molar-refractivity contribution in [3.63, 3.8) is 0 Å². The summed E-state index contributed by atoms with van der Waals surface area (Å²) in [5, 5.41) is 0. The Morgan fingerprint density at radius 2 is 1.59 bits per heavy atom. The van der Waals surface area contributed by atoms with E-state index in [1.165, 1.54) is 6.07 Å². The zero-order chi connectivity index (χ0) is 19.0. The molecule has 1 amide bonds. The molecule has 3 aromatic carbocycles. The number of aryl methyl sites for hydroxylation is 1. The highest BCUT2D eigenvalue weighted by atomic mass is 19.1. The molecule has 0 saturated heterocycles. The monoisotopic (exact) mass is 363 g/mol. The van der Waals surface area contributed by atoms with Gasteiger partial charge in [-0.1, -0.05) is 60.2 Å². The van der Waals surface area contributed by atoms with Crippen LogP contribution in [0, 0.1) is 18.6 Å². The van der Waals surface area contributed by atoms with Gasteiger partial charge in [0.1, 0.15) is 17.2 Å². The molecule has 3 aromatic rings. The van der Waals surface area contributed by atoms with E-state index in [9.17, 15) is 13.6 Å². The third kappa shape index (κ3) is 3.12. The fraction of sp³-hybridized carbons (Fsp3) is 0.174. The second-order valence-electron chi connectivity index (χ2n) is 6.86. The highest BCUT2D eigenvalue weighted by molar-refractivity contribution is 5.95. The van der Waals surface area contributed by atoms with Crippen LogP contribution in [0.2, 0.25) is 0 Å². The number of nitrogens with zero attached hydrogens (tertiary/aromatic N) is 1. The normalized spacial score (nSPS) is 16.1. The summed E-state index contributed by atoms with van der Waals surface area (Å²) in [6, 6.07) is 19.0. The number of rotatable bonds is 2. The molecule has 0 saturated carbocycles. The van der Waals surface area contributed by atoms with Gasteiger partial charge in [-0.3, -0.25) is 4.79 Å². The molecule has 0 unspecified atom stereocenters. The van der Waals surface area contributed by atoms with Crippen LogP contribution in [0.3, 0.4) is 0 Å². The first-order valence-electron chi connectivity index (χ1n) is 8.95. The van der Waals surface area contributed by atoms with E-state index < -0.39 is 23.1 Å². The van der Waals surface area contributed by atoms with Crippen LogP contribution in [-0.2, 0) is 6.42 Å². The van der Waals surface area contributed by atoms with Crippen LogP contribution >= 0.6 is 0 Å². The number of hydrogen-bond donors (Lipinski definition) is 0. The lowest BCUT2D eigenvalue weighted by Gasteiger charge is -2.38. The molecule has 0 spiro atoms. The standard InChI is InChI=1S/C23H19F2NO/c1-15-9-11-17(12-10-15)22-18-6-3-2-5-16(18)13-14-26(22)23(27)21-19(24)7-4-8-20(21)25/h2-12,22H,13-14H2,1H3/t22-/m0/s1. The lowest BCUT2D eigenvalue weighted by atomic mass is 9.87. The van der Waals surface area contributed by atoms with Crippen molar-refractivity contribution in [1.82, 2.24) is 4.90 Å². The van der Waals surface area contributed by atoms with Crippen molar-refractivity contribution in [2.45, 2.75) is 19.4 Å². The number of fused-ring (bicyclic) bond motifs is 1. The predicted molar refractivity (Wildman–Crippen MR) is 101 cm³/mol. The Labute approximate surface area is 157 Å². The highest BCUT2D eigenvalue weighted by Crippen LogP contribution is 2.36. The second-order valence-corrected chi connectivity index (χ2v) is 6.86. The van der Waals surface area contributed by atoms with Crippen molar-refractivity contribution in [2.75, 3.05) is 6.54 Å². The maximum absolute atomic E-state index is 14.2. The van der Waals surface area contributed by atoms with Crippen LogP contribution in [0.4, 0.5) is 8.78 Å². The summed E-state index contributed by atoms with van der Waals surface area (Å²) in [6.45, 7) is 2.40. The van der Waals surface area contributed by atoms with Crippen LogP contribution < -0.4 is 0 Å². The predicted octanol–water partition coefficient (Wildman–Crippen LogP) is 5.06. The molecule has 2 nitrogen and oxygen atoms in total. The van der Waals surface area contributed by atoms with Gasteiger partial charge in [0.15, 0.2) is 0 Å². The third-order valence-corrected chi connectivity index (χ3v) is 5.11.